The van der Waals surface area contributed by atoms with Gasteiger partial charge in [0, 0.05) is 13.0 Å². The van der Waals surface area contributed by atoms with Crippen LogP contribution in [0.1, 0.15) is 29.1 Å². The van der Waals surface area contributed by atoms with Gasteiger partial charge in [-0.2, -0.15) is 16.7 Å². The van der Waals surface area contributed by atoms with Crippen molar-refractivity contribution in [3.8, 4) is 0 Å². The molecule has 0 spiro atoms. The minimum Gasteiger partial charge on any atom is -0.347 e. The number of hydrogen-bond donors (Lipinski definition) is 2. The Kier molecular flexibility index (Phi) is 2.86. The first-order valence-electron chi connectivity index (χ1n) is 5.42. The second kappa shape index (κ2) is 4.50. The lowest BCUT2D eigenvalue weighted by Gasteiger charge is -2.19. The van der Waals surface area contributed by atoms with E-state index in [-0.39, 0.29) is 6.04 Å². The first kappa shape index (κ1) is 10.8. The van der Waals surface area contributed by atoms with Gasteiger partial charge in [-0.3, -0.25) is 5.32 Å². The van der Waals surface area contributed by atoms with Gasteiger partial charge in [0.25, 0.3) is 0 Å². The summed E-state index contributed by atoms with van der Waals surface area (Å²) in [4.78, 5) is 11.8. The lowest BCUT2D eigenvalue weighted by Crippen LogP contribution is -2.28. The predicted molar refractivity (Wildman–Crippen MR) is 63.4 cm³/mol. The maximum atomic E-state index is 5.27. The molecule has 2 aromatic rings. The molecule has 2 N–H and O–H groups in total. The van der Waals surface area contributed by atoms with Crippen molar-refractivity contribution in [3.05, 3.63) is 29.4 Å². The molecule has 2 aromatic heterocycles. The van der Waals surface area contributed by atoms with Crippen molar-refractivity contribution in [3.63, 3.8) is 0 Å². The first-order valence-corrected chi connectivity index (χ1v) is 6.82. The number of hydrogen-bond acceptors (Lipinski definition) is 6. The summed E-state index contributed by atoms with van der Waals surface area (Å²) in [5.74, 6) is 2.19. The van der Waals surface area contributed by atoms with Gasteiger partial charge in [0.1, 0.15) is 0 Å². The molecule has 0 saturated carbocycles. The molecule has 1 aliphatic heterocycles. The van der Waals surface area contributed by atoms with E-state index in [9.17, 15) is 0 Å². The highest BCUT2D eigenvalue weighted by Crippen LogP contribution is 2.22. The van der Waals surface area contributed by atoms with Crippen LogP contribution in [0.15, 0.2) is 10.9 Å². The van der Waals surface area contributed by atoms with Crippen molar-refractivity contribution in [1.82, 2.24) is 25.4 Å². The Morgan fingerprint density at radius 2 is 2.53 bits per heavy atom. The van der Waals surface area contributed by atoms with E-state index in [0.29, 0.717) is 5.89 Å². The molecule has 1 atom stereocenters. The molecule has 0 saturated heterocycles. The molecule has 0 radical (unpaired) electrons. The van der Waals surface area contributed by atoms with Crippen LogP contribution in [0.3, 0.4) is 0 Å². The van der Waals surface area contributed by atoms with E-state index in [1.807, 2.05) is 6.26 Å². The SMILES string of the molecule is CSCc1noc(C2Cc3nc[nH]c3CN2)n1. The third-order valence-corrected chi connectivity index (χ3v) is 3.33. The summed E-state index contributed by atoms with van der Waals surface area (Å²) in [6.07, 6.45) is 4.53. The van der Waals surface area contributed by atoms with Gasteiger partial charge >= 0.3 is 0 Å². The van der Waals surface area contributed by atoms with Crippen LogP contribution in [0.25, 0.3) is 0 Å². The van der Waals surface area contributed by atoms with Gasteiger partial charge in [-0.1, -0.05) is 5.16 Å². The van der Waals surface area contributed by atoms with E-state index < -0.39 is 0 Å². The molecule has 0 aliphatic carbocycles. The number of thioether (sulfide) groups is 1. The zero-order valence-corrected chi connectivity index (χ0v) is 10.3. The minimum absolute atomic E-state index is 0.0777. The fourth-order valence-electron chi connectivity index (χ4n) is 1.94. The Balaban J connectivity index is 1.77. The Hall–Kier alpha value is -1.34. The highest BCUT2D eigenvalue weighted by Gasteiger charge is 2.25. The van der Waals surface area contributed by atoms with Crippen LogP contribution in [-0.4, -0.2) is 26.4 Å². The van der Waals surface area contributed by atoms with Crippen molar-refractivity contribution >= 4 is 11.8 Å². The molecule has 90 valence electrons. The second-order valence-corrected chi connectivity index (χ2v) is 4.81. The summed E-state index contributed by atoms with van der Waals surface area (Å²) in [7, 11) is 0. The average molecular weight is 251 g/mol. The molecule has 0 aromatic carbocycles. The maximum absolute atomic E-state index is 5.27. The van der Waals surface area contributed by atoms with Crippen LogP contribution in [0, 0.1) is 0 Å². The zero-order valence-electron chi connectivity index (χ0n) is 9.43. The van der Waals surface area contributed by atoms with Gasteiger partial charge in [-0.05, 0) is 6.26 Å². The third-order valence-electron chi connectivity index (χ3n) is 2.79. The van der Waals surface area contributed by atoms with Crippen molar-refractivity contribution in [2.75, 3.05) is 6.26 Å². The fourth-order valence-corrected chi connectivity index (χ4v) is 2.32. The minimum atomic E-state index is 0.0777. The van der Waals surface area contributed by atoms with E-state index >= 15 is 0 Å². The number of H-pyrrole nitrogens is 1. The molecule has 0 amide bonds. The van der Waals surface area contributed by atoms with E-state index in [2.05, 4.69) is 25.4 Å². The monoisotopic (exact) mass is 251 g/mol. The van der Waals surface area contributed by atoms with Gasteiger partial charge in [-0.15, -0.1) is 0 Å². The van der Waals surface area contributed by atoms with E-state index in [4.69, 9.17) is 4.52 Å². The Morgan fingerprint density at radius 1 is 1.59 bits per heavy atom. The molecule has 3 heterocycles. The lowest BCUT2D eigenvalue weighted by atomic mass is 10.1. The van der Waals surface area contributed by atoms with E-state index in [0.717, 1.165) is 35.9 Å². The van der Waals surface area contributed by atoms with Crippen LogP contribution >= 0.6 is 11.8 Å². The van der Waals surface area contributed by atoms with Crippen LogP contribution < -0.4 is 5.32 Å². The molecule has 0 fully saturated rings. The van der Waals surface area contributed by atoms with Gasteiger partial charge in [0.2, 0.25) is 5.89 Å². The summed E-state index contributed by atoms with van der Waals surface area (Å²) in [5.41, 5.74) is 2.23. The molecule has 3 rings (SSSR count). The molecule has 6 nitrogen and oxygen atoms in total. The van der Waals surface area contributed by atoms with E-state index in [1.165, 1.54) is 0 Å². The number of imidazole rings is 1. The lowest BCUT2D eigenvalue weighted by molar-refractivity contribution is 0.317. The standard InChI is InChI=1S/C10H13N5OS/c1-17-4-9-14-10(16-15-9)7-2-6-8(3-11-7)13-5-12-6/h5,7,11H,2-4H2,1H3,(H,12,13). The summed E-state index contributed by atoms with van der Waals surface area (Å²) in [6.45, 7) is 0.764. The van der Waals surface area contributed by atoms with Crippen molar-refractivity contribution < 1.29 is 4.52 Å². The first-order chi connectivity index (χ1) is 8.36. The smallest absolute Gasteiger partial charge is 0.244 e. The second-order valence-electron chi connectivity index (χ2n) is 3.95. The van der Waals surface area contributed by atoms with Crippen LogP contribution in [-0.2, 0) is 18.7 Å². The Labute approximate surface area is 103 Å². The fraction of sp³-hybridized carbons (Fsp3) is 0.500. The largest absolute Gasteiger partial charge is 0.347 e. The van der Waals surface area contributed by atoms with Crippen molar-refractivity contribution in [2.24, 2.45) is 0 Å². The third kappa shape index (κ3) is 2.07. The summed E-state index contributed by atoms with van der Waals surface area (Å²) in [5, 5.41) is 7.31. The van der Waals surface area contributed by atoms with Crippen molar-refractivity contribution in [2.45, 2.75) is 24.8 Å². The quantitative estimate of drug-likeness (QED) is 0.848. The van der Waals surface area contributed by atoms with Crippen molar-refractivity contribution in [1.29, 1.82) is 0 Å². The molecular formula is C10H13N5OS. The highest BCUT2D eigenvalue weighted by molar-refractivity contribution is 7.97. The van der Waals surface area contributed by atoms with Crippen LogP contribution in [0.4, 0.5) is 0 Å². The van der Waals surface area contributed by atoms with Crippen LogP contribution in [0.5, 0.6) is 0 Å². The number of nitrogens with one attached hydrogen (secondary N) is 2. The summed E-state index contributed by atoms with van der Waals surface area (Å²) >= 11 is 1.68. The van der Waals surface area contributed by atoms with Gasteiger partial charge in [0.15, 0.2) is 5.82 Å². The molecule has 0 bridgehead atoms. The Bertz CT molecular complexity index is 508. The number of fused-ring (bicyclic) bond motifs is 1. The van der Waals surface area contributed by atoms with Gasteiger partial charge in [-0.25, -0.2) is 4.98 Å². The Morgan fingerprint density at radius 3 is 3.41 bits per heavy atom. The zero-order chi connectivity index (χ0) is 11.7. The van der Waals surface area contributed by atoms with Gasteiger partial charge in [0.05, 0.1) is 29.5 Å². The molecular weight excluding hydrogens is 238 g/mol. The highest BCUT2D eigenvalue weighted by atomic mass is 32.2. The topological polar surface area (TPSA) is 79.6 Å². The molecule has 17 heavy (non-hydrogen) atoms. The number of nitrogens with zero attached hydrogens (tertiary/aromatic N) is 3. The average Bonchev–Trinajstić information content (AvgIpc) is 2.96. The number of aromatic nitrogens is 4. The summed E-state index contributed by atoms with van der Waals surface area (Å²) in [6, 6.07) is 0.0777. The van der Waals surface area contributed by atoms with Crippen LogP contribution in [0.2, 0.25) is 0 Å². The number of rotatable bonds is 3. The molecule has 7 heteroatoms. The number of aromatic amines is 1. The predicted octanol–water partition coefficient (Wildman–Crippen LogP) is 1.04. The maximum Gasteiger partial charge on any atom is 0.244 e. The molecule has 1 aliphatic rings. The van der Waals surface area contributed by atoms with Gasteiger partial charge < -0.3 is 9.51 Å². The molecule has 1 unspecified atom stereocenters. The van der Waals surface area contributed by atoms with E-state index in [1.54, 1.807) is 18.1 Å². The normalized spacial score (nSPS) is 19.2. The summed E-state index contributed by atoms with van der Waals surface area (Å²) < 4.78 is 5.27.